The van der Waals surface area contributed by atoms with Crippen LogP contribution in [0.5, 0.6) is 0 Å². The Morgan fingerprint density at radius 1 is 0.364 bits per heavy atom. The summed E-state index contributed by atoms with van der Waals surface area (Å²) in [7, 11) is 4.82. The molecule has 0 radical (unpaired) electrons. The first-order valence-corrected chi connectivity index (χ1v) is 12.4. The SMILES string of the molecule is C1C2CC3CC1CC(C2)C3SSC1C2CC3CC(C2)CC1C3. The first kappa shape index (κ1) is 13.9. The van der Waals surface area contributed by atoms with Crippen LogP contribution < -0.4 is 0 Å². The van der Waals surface area contributed by atoms with Crippen LogP contribution in [-0.2, 0) is 0 Å². The van der Waals surface area contributed by atoms with E-state index >= 15 is 0 Å². The lowest BCUT2D eigenvalue weighted by Gasteiger charge is -2.56. The molecule has 122 valence electrons. The summed E-state index contributed by atoms with van der Waals surface area (Å²) in [6.07, 6.45) is 16.0. The van der Waals surface area contributed by atoms with Gasteiger partial charge in [0.05, 0.1) is 0 Å². The van der Waals surface area contributed by atoms with E-state index in [2.05, 4.69) is 21.6 Å². The van der Waals surface area contributed by atoms with Crippen molar-refractivity contribution in [3.8, 4) is 0 Å². The molecule has 8 aliphatic rings. The Bertz CT molecular complexity index is 361. The van der Waals surface area contributed by atoms with Gasteiger partial charge in [0.15, 0.2) is 0 Å². The molecule has 2 heteroatoms. The highest BCUT2D eigenvalue weighted by Crippen LogP contribution is 2.63. The molecule has 0 unspecified atom stereocenters. The van der Waals surface area contributed by atoms with Gasteiger partial charge < -0.3 is 0 Å². The average molecular weight is 335 g/mol. The second-order valence-electron chi connectivity index (χ2n) is 9.98. The van der Waals surface area contributed by atoms with Crippen LogP contribution >= 0.6 is 21.6 Å². The van der Waals surface area contributed by atoms with E-state index in [9.17, 15) is 0 Å². The van der Waals surface area contributed by atoms with Crippen LogP contribution in [0.1, 0.15) is 64.2 Å². The van der Waals surface area contributed by atoms with Crippen LogP contribution in [0.4, 0.5) is 0 Å². The number of rotatable bonds is 3. The van der Waals surface area contributed by atoms with Crippen molar-refractivity contribution >= 4 is 21.6 Å². The summed E-state index contributed by atoms with van der Waals surface area (Å²) in [4.78, 5) is 0. The topological polar surface area (TPSA) is 0 Å². The van der Waals surface area contributed by atoms with Crippen LogP contribution in [0.25, 0.3) is 0 Å². The van der Waals surface area contributed by atoms with Crippen molar-refractivity contribution in [1.82, 2.24) is 0 Å². The van der Waals surface area contributed by atoms with Crippen LogP contribution in [0, 0.1) is 47.3 Å². The Morgan fingerprint density at radius 3 is 0.909 bits per heavy atom. The van der Waals surface area contributed by atoms with Crippen molar-refractivity contribution in [3.63, 3.8) is 0 Å². The number of hydrogen-bond acceptors (Lipinski definition) is 2. The van der Waals surface area contributed by atoms with E-state index in [-0.39, 0.29) is 0 Å². The minimum Gasteiger partial charge on any atom is -0.0898 e. The zero-order valence-electron chi connectivity index (χ0n) is 13.7. The summed E-state index contributed by atoms with van der Waals surface area (Å²) >= 11 is 0. The first-order valence-electron chi connectivity index (χ1n) is 10.1. The highest BCUT2D eigenvalue weighted by molar-refractivity contribution is 8.77. The molecule has 8 bridgehead atoms. The Kier molecular flexibility index (Phi) is 3.23. The predicted molar refractivity (Wildman–Crippen MR) is 96.8 cm³/mol. The lowest BCUT2D eigenvalue weighted by atomic mass is 9.56. The van der Waals surface area contributed by atoms with Gasteiger partial charge >= 0.3 is 0 Å². The predicted octanol–water partition coefficient (Wildman–Crippen LogP) is 6.02. The first-order chi connectivity index (χ1) is 10.8. The van der Waals surface area contributed by atoms with Crippen molar-refractivity contribution in [2.24, 2.45) is 47.3 Å². The fourth-order valence-electron chi connectivity index (χ4n) is 8.19. The minimum absolute atomic E-state index is 1.05. The molecule has 0 heterocycles. The summed E-state index contributed by atoms with van der Waals surface area (Å²) in [6.45, 7) is 0. The average Bonchev–Trinajstić information content (AvgIpc) is 2.47. The molecular formula is C20H30S2. The van der Waals surface area contributed by atoms with Gasteiger partial charge in [-0.2, -0.15) is 0 Å². The molecule has 0 aromatic heterocycles. The zero-order chi connectivity index (χ0) is 14.3. The lowest BCUT2D eigenvalue weighted by Crippen LogP contribution is -2.48. The smallest absolute Gasteiger partial charge is 0.0208 e. The molecule has 0 spiro atoms. The van der Waals surface area contributed by atoms with E-state index in [4.69, 9.17) is 0 Å². The molecule has 0 aromatic rings. The van der Waals surface area contributed by atoms with E-state index in [1.165, 1.54) is 0 Å². The Balaban J connectivity index is 1.14. The third-order valence-corrected chi connectivity index (χ3v) is 12.3. The molecule has 0 N–H and O–H groups in total. The molecule has 22 heavy (non-hydrogen) atoms. The molecule has 0 aliphatic heterocycles. The van der Waals surface area contributed by atoms with E-state index in [1.807, 2.05) is 0 Å². The molecular weight excluding hydrogens is 304 g/mol. The molecule has 8 fully saturated rings. The highest BCUT2D eigenvalue weighted by Gasteiger charge is 2.51. The highest BCUT2D eigenvalue weighted by atomic mass is 33.1. The van der Waals surface area contributed by atoms with E-state index in [0.717, 1.165) is 57.8 Å². The third kappa shape index (κ3) is 2.11. The van der Waals surface area contributed by atoms with Gasteiger partial charge in [-0.3, -0.25) is 0 Å². The van der Waals surface area contributed by atoms with Gasteiger partial charge in [-0.25, -0.2) is 0 Å². The largest absolute Gasteiger partial charge is 0.0898 e. The Morgan fingerprint density at radius 2 is 0.636 bits per heavy atom. The summed E-state index contributed by atoms with van der Waals surface area (Å²) in [5, 5.41) is 2.10. The second-order valence-corrected chi connectivity index (χ2v) is 12.6. The Hall–Kier alpha value is 0.700. The van der Waals surface area contributed by atoms with Gasteiger partial charge in [0, 0.05) is 10.5 Å². The van der Waals surface area contributed by atoms with Crippen LogP contribution in [0.3, 0.4) is 0 Å². The molecule has 0 aromatic carbocycles. The fourth-order valence-corrected chi connectivity index (χ4v) is 12.6. The summed E-state index contributed by atoms with van der Waals surface area (Å²) in [5.74, 6) is 9.04. The van der Waals surface area contributed by atoms with Crippen LogP contribution in [-0.4, -0.2) is 10.5 Å². The lowest BCUT2D eigenvalue weighted by molar-refractivity contribution is 0.0257. The standard InChI is InChI=1S/C20H30S2/c1-11-3-15-5-12(1)6-16(4-11)19(15)21-22-20-17-7-13-2-14(9-17)10-18(20)8-13/h11-20H,1-10H2. The molecule has 8 aliphatic carbocycles. The van der Waals surface area contributed by atoms with Gasteiger partial charge in [0.2, 0.25) is 0 Å². The van der Waals surface area contributed by atoms with Crippen molar-refractivity contribution in [2.45, 2.75) is 74.7 Å². The quantitative estimate of drug-likeness (QED) is 0.579. The molecule has 0 saturated heterocycles. The molecule has 8 saturated carbocycles. The molecule has 0 nitrogen and oxygen atoms in total. The molecule has 0 atom stereocenters. The maximum absolute atomic E-state index is 2.41. The normalized spacial score (nSPS) is 61.1. The molecule has 0 amide bonds. The van der Waals surface area contributed by atoms with Crippen molar-refractivity contribution < 1.29 is 0 Å². The fraction of sp³-hybridized carbons (Fsp3) is 1.00. The van der Waals surface area contributed by atoms with Gasteiger partial charge in [0.1, 0.15) is 0 Å². The van der Waals surface area contributed by atoms with Crippen molar-refractivity contribution in [1.29, 1.82) is 0 Å². The van der Waals surface area contributed by atoms with Crippen molar-refractivity contribution in [3.05, 3.63) is 0 Å². The van der Waals surface area contributed by atoms with Gasteiger partial charge in [-0.15, -0.1) is 0 Å². The summed E-state index contributed by atoms with van der Waals surface area (Å²) < 4.78 is 0. The van der Waals surface area contributed by atoms with E-state index < -0.39 is 0 Å². The number of hydrogen-bond donors (Lipinski definition) is 0. The maximum atomic E-state index is 2.41. The third-order valence-electron chi connectivity index (χ3n) is 8.56. The monoisotopic (exact) mass is 334 g/mol. The van der Waals surface area contributed by atoms with E-state index in [1.54, 1.807) is 64.2 Å². The van der Waals surface area contributed by atoms with Gasteiger partial charge in [0.25, 0.3) is 0 Å². The van der Waals surface area contributed by atoms with Crippen LogP contribution in [0.15, 0.2) is 0 Å². The zero-order valence-corrected chi connectivity index (χ0v) is 15.3. The minimum atomic E-state index is 1.05. The van der Waals surface area contributed by atoms with Crippen molar-refractivity contribution in [2.75, 3.05) is 0 Å². The second kappa shape index (κ2) is 5.10. The Labute approximate surface area is 143 Å². The molecule has 8 rings (SSSR count). The summed E-state index contributed by atoms with van der Waals surface area (Å²) in [5.41, 5.74) is 0. The van der Waals surface area contributed by atoms with Gasteiger partial charge in [-0.05, 0) is 112 Å². The summed E-state index contributed by atoms with van der Waals surface area (Å²) in [6, 6.07) is 0. The maximum Gasteiger partial charge on any atom is 0.0208 e. The van der Waals surface area contributed by atoms with E-state index in [0.29, 0.717) is 0 Å². The van der Waals surface area contributed by atoms with Crippen LogP contribution in [0.2, 0.25) is 0 Å². The van der Waals surface area contributed by atoms with Gasteiger partial charge in [-0.1, -0.05) is 21.6 Å².